The zero-order valence-corrected chi connectivity index (χ0v) is 10.2. The van der Waals surface area contributed by atoms with Gasteiger partial charge in [0.2, 0.25) is 0 Å². The molecule has 0 spiro atoms. The maximum absolute atomic E-state index is 13.6. The minimum atomic E-state index is -2.84. The minimum Gasteiger partial charge on any atom is -0.399 e. The highest BCUT2D eigenvalue weighted by Gasteiger charge is 2.20. The van der Waals surface area contributed by atoms with Crippen LogP contribution in [0.25, 0.3) is 10.8 Å². The summed E-state index contributed by atoms with van der Waals surface area (Å²) in [6, 6.07) is 5.77. The lowest BCUT2D eigenvalue weighted by Crippen LogP contribution is -2.00. The lowest BCUT2D eigenvalue weighted by Gasteiger charge is -2.15. The maximum atomic E-state index is 13.6. The van der Waals surface area contributed by atoms with Gasteiger partial charge < -0.3 is 5.73 Å². The molecule has 0 heterocycles. The van der Waals surface area contributed by atoms with Gasteiger partial charge in [0.25, 0.3) is 6.43 Å². The van der Waals surface area contributed by atoms with Crippen LogP contribution in [0.2, 0.25) is 0 Å². The molecule has 2 aromatic rings. The van der Waals surface area contributed by atoms with E-state index in [0.717, 1.165) is 6.07 Å². The molecule has 0 saturated carbocycles. The Labute approximate surface area is 103 Å². The Balaban J connectivity index is 2.93. The van der Waals surface area contributed by atoms with Crippen molar-refractivity contribution in [1.82, 2.24) is 0 Å². The largest absolute Gasteiger partial charge is 0.399 e. The standard InChI is InChI=1S/C14H14F3N/c1-7(2)10-6-9(18)5-8-3-4-11(15)13(12(8)10)14(16)17/h3-7,14H,18H2,1-2H3. The van der Waals surface area contributed by atoms with E-state index >= 15 is 0 Å². The fourth-order valence-electron chi connectivity index (χ4n) is 2.20. The van der Waals surface area contributed by atoms with Crippen LogP contribution in [0.4, 0.5) is 18.9 Å². The first-order valence-corrected chi connectivity index (χ1v) is 5.71. The van der Waals surface area contributed by atoms with Crippen LogP contribution in [-0.4, -0.2) is 0 Å². The number of nitrogens with two attached hydrogens (primary N) is 1. The number of halogens is 3. The zero-order valence-electron chi connectivity index (χ0n) is 10.2. The van der Waals surface area contributed by atoms with Crippen LogP contribution in [0.5, 0.6) is 0 Å². The predicted octanol–water partition coefficient (Wildman–Crippen LogP) is 4.62. The Bertz CT molecular complexity index is 591. The van der Waals surface area contributed by atoms with Crippen molar-refractivity contribution in [2.45, 2.75) is 26.2 Å². The number of alkyl halides is 2. The number of hydrogen-bond acceptors (Lipinski definition) is 1. The van der Waals surface area contributed by atoms with Crippen LogP contribution in [0.1, 0.15) is 37.3 Å². The molecule has 0 bridgehead atoms. The normalized spacial score (nSPS) is 11.7. The summed E-state index contributed by atoms with van der Waals surface area (Å²) < 4.78 is 39.7. The Hall–Kier alpha value is -1.71. The maximum Gasteiger partial charge on any atom is 0.267 e. The van der Waals surface area contributed by atoms with E-state index < -0.39 is 17.8 Å². The van der Waals surface area contributed by atoms with Gasteiger partial charge in [0.05, 0.1) is 5.56 Å². The third kappa shape index (κ3) is 2.03. The quantitative estimate of drug-likeness (QED) is 0.776. The van der Waals surface area contributed by atoms with Gasteiger partial charge in [-0.15, -0.1) is 0 Å². The number of fused-ring (bicyclic) bond motifs is 1. The first kappa shape index (κ1) is 12.7. The van der Waals surface area contributed by atoms with Crippen molar-refractivity contribution < 1.29 is 13.2 Å². The molecule has 4 heteroatoms. The first-order chi connectivity index (χ1) is 8.41. The van der Waals surface area contributed by atoms with Crippen molar-refractivity contribution in [2.24, 2.45) is 0 Å². The topological polar surface area (TPSA) is 26.0 Å². The number of hydrogen-bond donors (Lipinski definition) is 1. The van der Waals surface area contributed by atoms with Crippen LogP contribution < -0.4 is 5.73 Å². The third-order valence-corrected chi connectivity index (χ3v) is 3.00. The van der Waals surface area contributed by atoms with Crippen molar-refractivity contribution in [3.8, 4) is 0 Å². The molecule has 0 unspecified atom stereocenters. The van der Waals surface area contributed by atoms with Gasteiger partial charge >= 0.3 is 0 Å². The van der Waals surface area contributed by atoms with Crippen LogP contribution in [0, 0.1) is 5.82 Å². The van der Waals surface area contributed by atoms with Gasteiger partial charge in [-0.2, -0.15) is 0 Å². The summed E-state index contributed by atoms with van der Waals surface area (Å²) >= 11 is 0. The Morgan fingerprint density at radius 3 is 2.33 bits per heavy atom. The fraction of sp³-hybridized carbons (Fsp3) is 0.286. The van der Waals surface area contributed by atoms with Crippen molar-refractivity contribution in [1.29, 1.82) is 0 Å². The van der Waals surface area contributed by atoms with Crippen LogP contribution in [0.15, 0.2) is 24.3 Å². The smallest absolute Gasteiger partial charge is 0.267 e. The second-order valence-corrected chi connectivity index (χ2v) is 4.62. The highest BCUT2D eigenvalue weighted by Crippen LogP contribution is 2.36. The molecule has 0 aliphatic carbocycles. The van der Waals surface area contributed by atoms with E-state index in [0.29, 0.717) is 16.6 Å². The van der Waals surface area contributed by atoms with E-state index in [2.05, 4.69) is 0 Å². The zero-order chi connectivity index (χ0) is 13.4. The molecule has 0 atom stereocenters. The van der Waals surface area contributed by atoms with E-state index in [1.807, 2.05) is 13.8 Å². The molecule has 1 nitrogen and oxygen atoms in total. The second-order valence-electron chi connectivity index (χ2n) is 4.62. The molecule has 96 valence electrons. The molecular formula is C14H14F3N. The van der Waals surface area contributed by atoms with Crippen LogP contribution >= 0.6 is 0 Å². The highest BCUT2D eigenvalue weighted by atomic mass is 19.3. The Morgan fingerprint density at radius 1 is 1.11 bits per heavy atom. The molecule has 2 rings (SSSR count). The number of nitrogen functional groups attached to an aromatic ring is 1. The fourth-order valence-corrected chi connectivity index (χ4v) is 2.20. The van der Waals surface area contributed by atoms with Crippen molar-refractivity contribution in [3.05, 3.63) is 41.2 Å². The molecule has 0 aliphatic heterocycles. The van der Waals surface area contributed by atoms with Crippen LogP contribution in [0.3, 0.4) is 0 Å². The summed E-state index contributed by atoms with van der Waals surface area (Å²) in [6.07, 6.45) is -2.84. The van der Waals surface area contributed by atoms with E-state index in [9.17, 15) is 13.2 Å². The van der Waals surface area contributed by atoms with E-state index in [1.165, 1.54) is 6.07 Å². The van der Waals surface area contributed by atoms with Gasteiger partial charge in [-0.25, -0.2) is 13.2 Å². The first-order valence-electron chi connectivity index (χ1n) is 5.71. The minimum absolute atomic E-state index is 0.00435. The monoisotopic (exact) mass is 253 g/mol. The summed E-state index contributed by atoms with van der Waals surface area (Å²) in [5, 5.41) is 0.838. The average Bonchev–Trinajstić information content (AvgIpc) is 2.27. The average molecular weight is 253 g/mol. The molecule has 0 amide bonds. The van der Waals surface area contributed by atoms with E-state index in [4.69, 9.17) is 5.73 Å². The van der Waals surface area contributed by atoms with Gasteiger partial charge in [0.15, 0.2) is 0 Å². The van der Waals surface area contributed by atoms with Crippen molar-refractivity contribution >= 4 is 16.5 Å². The van der Waals surface area contributed by atoms with E-state index in [1.54, 1.807) is 12.1 Å². The molecular weight excluding hydrogens is 239 g/mol. The second kappa shape index (κ2) is 4.52. The van der Waals surface area contributed by atoms with Crippen LogP contribution in [-0.2, 0) is 0 Å². The summed E-state index contributed by atoms with van der Waals surface area (Å²) in [4.78, 5) is 0. The molecule has 0 radical (unpaired) electrons. The third-order valence-electron chi connectivity index (χ3n) is 3.00. The molecule has 0 fully saturated rings. The Kier molecular flexibility index (Phi) is 3.20. The molecule has 18 heavy (non-hydrogen) atoms. The Morgan fingerprint density at radius 2 is 1.78 bits per heavy atom. The van der Waals surface area contributed by atoms with Crippen molar-refractivity contribution in [3.63, 3.8) is 0 Å². The van der Waals surface area contributed by atoms with Gasteiger partial charge in [-0.1, -0.05) is 19.9 Å². The molecule has 0 aliphatic rings. The van der Waals surface area contributed by atoms with Gasteiger partial charge in [-0.3, -0.25) is 0 Å². The van der Waals surface area contributed by atoms with Gasteiger partial charge in [-0.05, 0) is 40.5 Å². The highest BCUT2D eigenvalue weighted by molar-refractivity contribution is 5.92. The van der Waals surface area contributed by atoms with Gasteiger partial charge in [0.1, 0.15) is 5.82 Å². The summed E-state index contributed by atoms with van der Waals surface area (Å²) in [7, 11) is 0. The number of anilines is 1. The SMILES string of the molecule is CC(C)c1cc(N)cc2ccc(F)c(C(F)F)c12. The summed E-state index contributed by atoms with van der Waals surface area (Å²) in [6.45, 7) is 3.74. The predicted molar refractivity (Wildman–Crippen MR) is 67.4 cm³/mol. The molecule has 2 N–H and O–H groups in total. The lowest BCUT2D eigenvalue weighted by atomic mass is 9.92. The summed E-state index contributed by atoms with van der Waals surface area (Å²) in [5.41, 5.74) is 6.36. The van der Waals surface area contributed by atoms with E-state index in [-0.39, 0.29) is 11.3 Å². The van der Waals surface area contributed by atoms with Crippen molar-refractivity contribution in [2.75, 3.05) is 5.73 Å². The van der Waals surface area contributed by atoms with Gasteiger partial charge in [0, 0.05) is 5.69 Å². The molecule has 0 saturated heterocycles. The number of rotatable bonds is 2. The summed E-state index contributed by atoms with van der Waals surface area (Å²) in [5.74, 6) is -0.875. The lowest BCUT2D eigenvalue weighted by molar-refractivity contribution is 0.148. The molecule has 0 aromatic heterocycles. The molecule has 2 aromatic carbocycles. The number of benzene rings is 2.